The van der Waals surface area contributed by atoms with E-state index in [-0.39, 0.29) is 21.4 Å². The first kappa shape index (κ1) is 13.5. The molecule has 1 aromatic heterocycles. The minimum Gasteiger partial charge on any atom is -0.506 e. The second kappa shape index (κ2) is 4.96. The normalized spacial score (nSPS) is 10.2. The second-order valence-corrected chi connectivity index (χ2v) is 4.78. The molecule has 0 aliphatic heterocycles. The summed E-state index contributed by atoms with van der Waals surface area (Å²) in [6.45, 7) is 1.69. The molecule has 1 heterocycles. The topological polar surface area (TPSA) is 76.9 Å². The van der Waals surface area contributed by atoms with E-state index in [1.54, 1.807) is 13.0 Å². The summed E-state index contributed by atoms with van der Waals surface area (Å²) in [4.78, 5) is 14.3. The summed E-state index contributed by atoms with van der Waals surface area (Å²) in [5.74, 6) is -0.164. The van der Waals surface area contributed by atoms with Gasteiger partial charge in [0.15, 0.2) is 0 Å². The second-order valence-electron chi connectivity index (χ2n) is 3.97. The van der Waals surface area contributed by atoms with E-state index in [0.717, 1.165) is 0 Å². The number of aryl methyl sites for hydroxylation is 1. The van der Waals surface area contributed by atoms with Crippen LogP contribution in [0.2, 0.25) is 10.0 Å². The van der Waals surface area contributed by atoms with Gasteiger partial charge >= 0.3 is 0 Å². The lowest BCUT2D eigenvalue weighted by Crippen LogP contribution is -2.12. The highest BCUT2D eigenvalue weighted by molar-refractivity contribution is 6.37. The number of aromatic amines is 1. The lowest BCUT2D eigenvalue weighted by Gasteiger charge is -2.09. The van der Waals surface area contributed by atoms with Gasteiger partial charge in [-0.15, -0.1) is 0 Å². The molecule has 4 nitrogen and oxygen atoms in total. The highest BCUT2D eigenvalue weighted by atomic mass is 35.5. The number of halogens is 2. The first-order chi connectivity index (χ1) is 8.93. The van der Waals surface area contributed by atoms with Crippen LogP contribution in [0.3, 0.4) is 0 Å². The van der Waals surface area contributed by atoms with Crippen molar-refractivity contribution < 1.29 is 5.11 Å². The maximum Gasteiger partial charge on any atom is 0.266 e. The molecule has 2 aromatic rings. The number of H-pyrrole nitrogens is 1. The van der Waals surface area contributed by atoms with Gasteiger partial charge in [-0.1, -0.05) is 23.2 Å². The molecular weight excluding hydrogens is 287 g/mol. The van der Waals surface area contributed by atoms with Crippen LogP contribution in [0.25, 0.3) is 11.1 Å². The number of aromatic hydroxyl groups is 1. The van der Waals surface area contributed by atoms with Gasteiger partial charge in [-0.05, 0) is 25.1 Å². The number of nitrogens with one attached hydrogen (secondary N) is 1. The molecule has 0 aliphatic carbocycles. The lowest BCUT2D eigenvalue weighted by molar-refractivity contribution is 0.476. The predicted molar refractivity (Wildman–Crippen MR) is 73.6 cm³/mol. The largest absolute Gasteiger partial charge is 0.506 e. The minimum atomic E-state index is -0.497. The Labute approximate surface area is 118 Å². The quantitative estimate of drug-likeness (QED) is 0.848. The summed E-state index contributed by atoms with van der Waals surface area (Å²) in [7, 11) is 0. The maximum absolute atomic E-state index is 11.7. The zero-order valence-corrected chi connectivity index (χ0v) is 11.3. The predicted octanol–water partition coefficient (Wildman–Crippen LogP) is 3.23. The molecule has 0 amide bonds. The summed E-state index contributed by atoms with van der Waals surface area (Å²) in [6, 6.07) is 6.15. The monoisotopic (exact) mass is 294 g/mol. The molecule has 0 saturated carbocycles. The summed E-state index contributed by atoms with van der Waals surface area (Å²) in [6.07, 6.45) is 0. The van der Waals surface area contributed by atoms with Crippen LogP contribution >= 0.6 is 23.2 Å². The van der Waals surface area contributed by atoms with Crippen LogP contribution in [0.1, 0.15) is 11.3 Å². The van der Waals surface area contributed by atoms with Crippen molar-refractivity contribution in [3.8, 4) is 22.9 Å². The average molecular weight is 295 g/mol. The average Bonchev–Trinajstić information content (AvgIpc) is 2.33. The molecule has 6 heteroatoms. The van der Waals surface area contributed by atoms with Crippen LogP contribution in [-0.2, 0) is 0 Å². The summed E-state index contributed by atoms with van der Waals surface area (Å²) < 4.78 is 0. The van der Waals surface area contributed by atoms with Crippen molar-refractivity contribution >= 4 is 23.2 Å². The number of nitrogens with zero attached hydrogens (tertiary/aromatic N) is 1. The summed E-state index contributed by atoms with van der Waals surface area (Å²) in [5.41, 5.74) is 0.775. The van der Waals surface area contributed by atoms with Crippen molar-refractivity contribution in [3.05, 3.63) is 49.9 Å². The molecule has 0 unspecified atom stereocenters. The smallest absolute Gasteiger partial charge is 0.266 e. The zero-order chi connectivity index (χ0) is 14.2. The van der Waals surface area contributed by atoms with Gasteiger partial charge in [0, 0.05) is 16.8 Å². The van der Waals surface area contributed by atoms with Gasteiger partial charge < -0.3 is 10.1 Å². The van der Waals surface area contributed by atoms with Gasteiger partial charge in [0.1, 0.15) is 17.4 Å². The van der Waals surface area contributed by atoms with Crippen molar-refractivity contribution in [1.82, 2.24) is 4.98 Å². The van der Waals surface area contributed by atoms with E-state index in [1.165, 1.54) is 12.1 Å². The van der Waals surface area contributed by atoms with Crippen LogP contribution < -0.4 is 5.56 Å². The minimum absolute atomic E-state index is 0.0609. The molecule has 2 rings (SSSR count). The Bertz CT molecular complexity index is 760. The number of hydrogen-bond acceptors (Lipinski definition) is 3. The first-order valence-electron chi connectivity index (χ1n) is 5.26. The van der Waals surface area contributed by atoms with E-state index in [2.05, 4.69) is 4.98 Å². The number of aromatic nitrogens is 1. The molecule has 0 aliphatic rings. The Balaban J connectivity index is 2.83. The highest BCUT2D eigenvalue weighted by Crippen LogP contribution is 2.36. The molecule has 0 atom stereocenters. The number of benzene rings is 1. The van der Waals surface area contributed by atoms with Crippen molar-refractivity contribution in [2.45, 2.75) is 6.92 Å². The Kier molecular flexibility index (Phi) is 3.52. The molecule has 2 N–H and O–H groups in total. The Morgan fingerprint density at radius 2 is 1.89 bits per heavy atom. The molecule has 1 aromatic carbocycles. The van der Waals surface area contributed by atoms with Crippen molar-refractivity contribution in [2.75, 3.05) is 0 Å². The highest BCUT2D eigenvalue weighted by Gasteiger charge is 2.15. The van der Waals surface area contributed by atoms with Gasteiger partial charge in [-0.3, -0.25) is 4.79 Å². The third-order valence-electron chi connectivity index (χ3n) is 2.61. The van der Waals surface area contributed by atoms with E-state index in [1.807, 2.05) is 6.07 Å². The SMILES string of the molecule is Cc1cc(-c2cc(O)c(Cl)cc2Cl)c(C#N)c(=O)[nH]1. The molecule has 0 spiro atoms. The van der Waals surface area contributed by atoms with Crippen molar-refractivity contribution in [1.29, 1.82) is 5.26 Å². The Morgan fingerprint density at radius 1 is 1.21 bits per heavy atom. The number of phenolic OH excluding ortho intramolecular Hbond substituents is 1. The number of hydrogen-bond donors (Lipinski definition) is 2. The van der Waals surface area contributed by atoms with Crippen LogP contribution in [-0.4, -0.2) is 10.1 Å². The first-order valence-corrected chi connectivity index (χ1v) is 6.02. The summed E-state index contributed by atoms with van der Waals surface area (Å²) >= 11 is 11.8. The number of pyridine rings is 1. The third kappa shape index (κ3) is 2.43. The van der Waals surface area contributed by atoms with E-state index in [9.17, 15) is 9.90 Å². The van der Waals surface area contributed by atoms with E-state index in [0.29, 0.717) is 16.8 Å². The fourth-order valence-electron chi connectivity index (χ4n) is 1.76. The Hall–Kier alpha value is -1.96. The maximum atomic E-state index is 11.7. The molecule has 0 radical (unpaired) electrons. The van der Waals surface area contributed by atoms with Crippen LogP contribution in [0.15, 0.2) is 23.0 Å². The molecule has 96 valence electrons. The van der Waals surface area contributed by atoms with E-state index in [4.69, 9.17) is 28.5 Å². The Morgan fingerprint density at radius 3 is 2.53 bits per heavy atom. The fourth-order valence-corrected chi connectivity index (χ4v) is 2.24. The van der Waals surface area contributed by atoms with Crippen molar-refractivity contribution in [2.24, 2.45) is 0 Å². The molecule has 0 saturated heterocycles. The van der Waals surface area contributed by atoms with Gasteiger partial charge in [0.05, 0.1) is 10.0 Å². The molecular formula is C13H8Cl2N2O2. The van der Waals surface area contributed by atoms with Crippen LogP contribution in [0.5, 0.6) is 5.75 Å². The van der Waals surface area contributed by atoms with Crippen LogP contribution in [0, 0.1) is 18.3 Å². The van der Waals surface area contributed by atoms with E-state index >= 15 is 0 Å². The van der Waals surface area contributed by atoms with Gasteiger partial charge in [0.2, 0.25) is 0 Å². The standard InChI is InChI=1S/C13H8Cl2N2O2/c1-6-2-7(9(5-16)13(19)17-6)8-3-12(18)11(15)4-10(8)14/h2-4,18H,1H3,(H,17,19). The van der Waals surface area contributed by atoms with E-state index < -0.39 is 5.56 Å². The van der Waals surface area contributed by atoms with Crippen molar-refractivity contribution in [3.63, 3.8) is 0 Å². The number of rotatable bonds is 1. The van der Waals surface area contributed by atoms with Gasteiger partial charge in [-0.25, -0.2) is 0 Å². The number of phenols is 1. The molecule has 19 heavy (non-hydrogen) atoms. The lowest BCUT2D eigenvalue weighted by atomic mass is 10.0. The van der Waals surface area contributed by atoms with Crippen LogP contribution in [0.4, 0.5) is 0 Å². The third-order valence-corrected chi connectivity index (χ3v) is 3.22. The zero-order valence-electron chi connectivity index (χ0n) is 9.79. The fraction of sp³-hybridized carbons (Fsp3) is 0.0769. The van der Waals surface area contributed by atoms with Gasteiger partial charge in [0.25, 0.3) is 5.56 Å². The molecule has 0 bridgehead atoms. The van der Waals surface area contributed by atoms with Gasteiger partial charge in [-0.2, -0.15) is 5.26 Å². The summed E-state index contributed by atoms with van der Waals surface area (Å²) in [5, 5.41) is 19.1. The molecule has 0 fully saturated rings. The number of nitriles is 1.